The van der Waals surface area contributed by atoms with Crippen LogP contribution in [0.2, 0.25) is 0 Å². The summed E-state index contributed by atoms with van der Waals surface area (Å²) in [5, 5.41) is 11.2. The highest BCUT2D eigenvalue weighted by molar-refractivity contribution is 5.74. The molecule has 2 aromatic rings. The summed E-state index contributed by atoms with van der Waals surface area (Å²) in [5.41, 5.74) is 4.91. The number of allylic oxidation sites excluding steroid dienone is 7. The van der Waals surface area contributed by atoms with Gasteiger partial charge in [-0.1, -0.05) is 42.0 Å². The number of likely N-dealkylation sites (N-methyl/N-ethyl adjacent to an activating group) is 1. The molecule has 6 nitrogen and oxygen atoms in total. The van der Waals surface area contributed by atoms with Crippen molar-refractivity contribution in [3.63, 3.8) is 0 Å². The number of hydrogen-bond donors (Lipinski definition) is 0. The van der Waals surface area contributed by atoms with Crippen molar-refractivity contribution in [2.45, 2.75) is 38.8 Å². The van der Waals surface area contributed by atoms with E-state index in [0.717, 1.165) is 28.7 Å². The van der Waals surface area contributed by atoms with Gasteiger partial charge in [-0.25, -0.2) is 0 Å². The molecule has 0 amide bonds. The predicted molar refractivity (Wildman–Crippen MR) is 145 cm³/mol. The largest absolute Gasteiger partial charge is 0.463 e. The Balaban J connectivity index is 1.62. The standard InChI is InChI=1S/C30H30N2O4/c1-21(7-6-8-22(2)16-18-33)9-10-23-11-13-27-26(19-23)29(3,4)30(31(27)5)17-15-24-20-25(32(34)35)12-14-28(24)36-30/h6-20H,1-5H3/b8-6+,10-9-,21-7+,22-16+. The van der Waals surface area contributed by atoms with Crippen molar-refractivity contribution in [1.82, 2.24) is 0 Å². The molecule has 184 valence electrons. The van der Waals surface area contributed by atoms with Gasteiger partial charge in [0.25, 0.3) is 5.69 Å². The summed E-state index contributed by atoms with van der Waals surface area (Å²) in [7, 11) is 2.02. The topological polar surface area (TPSA) is 72.7 Å². The minimum atomic E-state index is -0.756. The highest BCUT2D eigenvalue weighted by atomic mass is 16.6. The first-order valence-corrected chi connectivity index (χ1v) is 11.8. The molecular formula is C30H30N2O4. The van der Waals surface area contributed by atoms with Crippen molar-refractivity contribution in [3.05, 3.63) is 111 Å². The zero-order valence-electron chi connectivity index (χ0n) is 21.2. The maximum atomic E-state index is 11.2. The van der Waals surface area contributed by atoms with Gasteiger partial charge in [0.2, 0.25) is 5.72 Å². The van der Waals surface area contributed by atoms with Crippen molar-refractivity contribution in [1.29, 1.82) is 0 Å². The molecule has 0 aromatic heterocycles. The van der Waals surface area contributed by atoms with E-state index in [1.807, 2.05) is 51.3 Å². The van der Waals surface area contributed by atoms with Gasteiger partial charge in [0, 0.05) is 30.4 Å². The van der Waals surface area contributed by atoms with E-state index in [-0.39, 0.29) is 5.69 Å². The summed E-state index contributed by atoms with van der Waals surface area (Å²) in [6.45, 7) is 8.24. The number of rotatable bonds is 6. The van der Waals surface area contributed by atoms with Crippen LogP contribution in [0.4, 0.5) is 11.4 Å². The maximum Gasteiger partial charge on any atom is 0.270 e. The smallest absolute Gasteiger partial charge is 0.270 e. The van der Waals surface area contributed by atoms with E-state index in [9.17, 15) is 14.9 Å². The lowest BCUT2D eigenvalue weighted by atomic mass is 9.76. The second kappa shape index (κ2) is 9.46. The van der Waals surface area contributed by atoms with E-state index in [0.29, 0.717) is 11.3 Å². The monoisotopic (exact) mass is 482 g/mol. The molecule has 0 saturated heterocycles. The Hall–Kier alpha value is -4.19. The molecule has 2 aromatic carbocycles. The van der Waals surface area contributed by atoms with Crippen LogP contribution in [-0.2, 0) is 10.2 Å². The molecule has 0 fully saturated rings. The summed E-state index contributed by atoms with van der Waals surface area (Å²) in [4.78, 5) is 23.5. The fourth-order valence-electron chi connectivity index (χ4n) is 4.83. The number of anilines is 1. The van der Waals surface area contributed by atoms with E-state index in [2.05, 4.69) is 49.1 Å². The Morgan fingerprint density at radius 3 is 2.53 bits per heavy atom. The summed E-state index contributed by atoms with van der Waals surface area (Å²) in [6, 6.07) is 11.1. The van der Waals surface area contributed by atoms with Crippen LogP contribution < -0.4 is 9.64 Å². The van der Waals surface area contributed by atoms with Crippen LogP contribution in [-0.4, -0.2) is 24.0 Å². The number of nitro benzene ring substituents is 1. The predicted octanol–water partition coefficient (Wildman–Crippen LogP) is 6.79. The summed E-state index contributed by atoms with van der Waals surface area (Å²) in [6.07, 6.45) is 16.2. The molecule has 4 rings (SSSR count). The van der Waals surface area contributed by atoms with Gasteiger partial charge in [-0.3, -0.25) is 14.9 Å². The number of ether oxygens (including phenoxy) is 1. The highest BCUT2D eigenvalue weighted by Crippen LogP contribution is 2.54. The molecule has 2 aliphatic rings. The average molecular weight is 483 g/mol. The number of non-ortho nitro benzene ring substituents is 1. The number of benzene rings is 2. The van der Waals surface area contributed by atoms with Crippen LogP contribution in [0.3, 0.4) is 0 Å². The normalized spacial score (nSPS) is 20.6. The van der Waals surface area contributed by atoms with Gasteiger partial charge in [-0.05, 0) is 80.8 Å². The maximum absolute atomic E-state index is 11.2. The average Bonchev–Trinajstić information content (AvgIpc) is 3.00. The Morgan fingerprint density at radius 2 is 1.81 bits per heavy atom. The summed E-state index contributed by atoms with van der Waals surface area (Å²) in [5.74, 6) is 0.628. The Kier molecular flexibility index (Phi) is 6.55. The molecular weight excluding hydrogens is 452 g/mol. The minimum Gasteiger partial charge on any atom is -0.463 e. The van der Waals surface area contributed by atoms with Crippen molar-refractivity contribution >= 4 is 29.8 Å². The van der Waals surface area contributed by atoms with Crippen LogP contribution in [0.1, 0.15) is 44.4 Å². The molecule has 0 saturated carbocycles. The van der Waals surface area contributed by atoms with Crippen molar-refractivity contribution in [2.75, 3.05) is 11.9 Å². The lowest BCUT2D eigenvalue weighted by molar-refractivity contribution is -0.384. The van der Waals surface area contributed by atoms with Crippen molar-refractivity contribution < 1.29 is 14.5 Å². The third-order valence-corrected chi connectivity index (χ3v) is 7.00. The second-order valence-electron chi connectivity index (χ2n) is 9.72. The van der Waals surface area contributed by atoms with E-state index in [4.69, 9.17) is 4.74 Å². The molecule has 0 N–H and O–H groups in total. The highest BCUT2D eigenvalue weighted by Gasteiger charge is 2.57. The number of carbonyl (C=O) groups is 1. The van der Waals surface area contributed by atoms with E-state index < -0.39 is 16.1 Å². The molecule has 1 atom stereocenters. The van der Waals surface area contributed by atoms with Crippen LogP contribution in [0.15, 0.2) is 84.0 Å². The van der Waals surface area contributed by atoms with Crippen molar-refractivity contribution in [3.8, 4) is 5.75 Å². The van der Waals surface area contributed by atoms with Gasteiger partial charge in [0.15, 0.2) is 0 Å². The number of nitrogens with zero attached hydrogens (tertiary/aromatic N) is 2. The van der Waals surface area contributed by atoms with Gasteiger partial charge in [0.1, 0.15) is 12.0 Å². The molecule has 6 heteroatoms. The molecule has 1 spiro atoms. The van der Waals surface area contributed by atoms with E-state index in [1.165, 1.54) is 17.7 Å². The quantitative estimate of drug-likeness (QED) is 0.149. The fourth-order valence-corrected chi connectivity index (χ4v) is 4.83. The first kappa shape index (κ1) is 24.9. The Labute approximate surface area is 211 Å². The summed E-state index contributed by atoms with van der Waals surface area (Å²) < 4.78 is 6.60. The van der Waals surface area contributed by atoms with Gasteiger partial charge in [-0.2, -0.15) is 0 Å². The molecule has 0 bridgehead atoms. The van der Waals surface area contributed by atoms with Gasteiger partial charge < -0.3 is 9.64 Å². The third kappa shape index (κ3) is 4.31. The van der Waals surface area contributed by atoms with Crippen LogP contribution in [0.25, 0.3) is 12.2 Å². The first-order valence-electron chi connectivity index (χ1n) is 11.8. The molecule has 2 heterocycles. The van der Waals surface area contributed by atoms with E-state index in [1.54, 1.807) is 12.1 Å². The molecule has 0 aliphatic carbocycles. The van der Waals surface area contributed by atoms with Gasteiger partial charge >= 0.3 is 0 Å². The fraction of sp³-hybridized carbons (Fsp3) is 0.233. The molecule has 2 aliphatic heterocycles. The third-order valence-electron chi connectivity index (χ3n) is 7.00. The number of carbonyl (C=O) groups excluding carboxylic acids is 1. The number of hydrogen-bond acceptors (Lipinski definition) is 5. The number of fused-ring (bicyclic) bond motifs is 2. The SMILES string of the molecule is CC(/C=C\c1ccc2c(c1)C(C)(C)C1(C=Cc3cc([N+](=O)[O-])ccc3O1)N2C)=C\C=C\C(C)=C\C=O. The Morgan fingerprint density at radius 1 is 1.06 bits per heavy atom. The van der Waals surface area contributed by atoms with E-state index >= 15 is 0 Å². The van der Waals surface area contributed by atoms with Crippen molar-refractivity contribution in [2.24, 2.45) is 0 Å². The van der Waals surface area contributed by atoms with Crippen LogP contribution in [0, 0.1) is 10.1 Å². The molecule has 0 radical (unpaired) electrons. The van der Waals surface area contributed by atoms with Crippen LogP contribution >= 0.6 is 0 Å². The number of nitro groups is 1. The van der Waals surface area contributed by atoms with Gasteiger partial charge in [-0.15, -0.1) is 0 Å². The zero-order valence-corrected chi connectivity index (χ0v) is 21.2. The molecule has 36 heavy (non-hydrogen) atoms. The number of aldehydes is 1. The van der Waals surface area contributed by atoms with Gasteiger partial charge in [0.05, 0.1) is 10.3 Å². The Bertz CT molecular complexity index is 1380. The second-order valence-corrected chi connectivity index (χ2v) is 9.72. The van der Waals surface area contributed by atoms with Crippen LogP contribution in [0.5, 0.6) is 5.75 Å². The molecule has 1 unspecified atom stereocenters. The minimum absolute atomic E-state index is 0.0455. The lowest BCUT2D eigenvalue weighted by Crippen LogP contribution is -2.58. The zero-order chi connectivity index (χ0) is 26.1. The summed E-state index contributed by atoms with van der Waals surface area (Å²) >= 11 is 0. The first-order chi connectivity index (χ1) is 17.1. The lowest BCUT2D eigenvalue weighted by Gasteiger charge is -2.45.